The number of rotatable bonds is 6. The number of ether oxygens (including phenoxy) is 1. The SMILES string of the molecule is CCOc1ccc(CCC2CCN(C(=O)c3ccc(=O)n(C)c3)CC2)cc1. The zero-order chi connectivity index (χ0) is 19.2. The van der Waals surface area contributed by atoms with Crippen molar-refractivity contribution < 1.29 is 9.53 Å². The summed E-state index contributed by atoms with van der Waals surface area (Å²) in [5.41, 5.74) is 1.83. The van der Waals surface area contributed by atoms with Gasteiger partial charge in [-0.1, -0.05) is 12.1 Å². The van der Waals surface area contributed by atoms with Crippen molar-refractivity contribution in [1.29, 1.82) is 0 Å². The number of carbonyl (C=O) groups excluding carboxylic acids is 1. The van der Waals surface area contributed by atoms with Crippen LogP contribution in [0.4, 0.5) is 0 Å². The molecule has 0 aliphatic carbocycles. The predicted molar refractivity (Wildman–Crippen MR) is 106 cm³/mol. The molecule has 5 heteroatoms. The molecule has 144 valence electrons. The normalized spacial score (nSPS) is 15.0. The average Bonchev–Trinajstić information content (AvgIpc) is 2.70. The molecule has 2 heterocycles. The number of pyridine rings is 1. The zero-order valence-electron chi connectivity index (χ0n) is 16.2. The van der Waals surface area contributed by atoms with Crippen LogP contribution in [0.2, 0.25) is 0 Å². The first-order valence-electron chi connectivity index (χ1n) is 9.74. The van der Waals surface area contributed by atoms with Crippen LogP contribution in [-0.2, 0) is 13.5 Å². The molecule has 1 aliphatic heterocycles. The number of hydrogen-bond donors (Lipinski definition) is 0. The molecule has 27 heavy (non-hydrogen) atoms. The summed E-state index contributed by atoms with van der Waals surface area (Å²) in [4.78, 5) is 26.0. The fourth-order valence-corrected chi connectivity index (χ4v) is 3.62. The number of aryl methyl sites for hydroxylation is 2. The van der Waals surface area contributed by atoms with E-state index in [9.17, 15) is 9.59 Å². The van der Waals surface area contributed by atoms with Crippen molar-refractivity contribution >= 4 is 5.91 Å². The minimum atomic E-state index is -0.0976. The maximum atomic E-state index is 12.6. The number of nitrogens with zero attached hydrogens (tertiary/aromatic N) is 2. The maximum absolute atomic E-state index is 12.6. The fourth-order valence-electron chi connectivity index (χ4n) is 3.62. The van der Waals surface area contributed by atoms with Crippen LogP contribution in [0, 0.1) is 5.92 Å². The standard InChI is InChI=1S/C22H28N2O3/c1-3-27-20-9-6-17(7-10-20)4-5-18-12-14-24(15-13-18)22(26)19-8-11-21(25)23(2)16-19/h6-11,16,18H,3-5,12-15H2,1-2H3. The largest absolute Gasteiger partial charge is 0.494 e. The van der Waals surface area contributed by atoms with E-state index in [0.717, 1.165) is 44.5 Å². The smallest absolute Gasteiger partial charge is 0.255 e. The minimum absolute atomic E-state index is 0.0237. The molecular weight excluding hydrogens is 340 g/mol. The third-order valence-electron chi connectivity index (χ3n) is 5.31. The van der Waals surface area contributed by atoms with Crippen LogP contribution < -0.4 is 10.3 Å². The lowest BCUT2D eigenvalue weighted by atomic mass is 9.90. The van der Waals surface area contributed by atoms with Crippen molar-refractivity contribution in [1.82, 2.24) is 9.47 Å². The second-order valence-corrected chi connectivity index (χ2v) is 7.22. The summed E-state index contributed by atoms with van der Waals surface area (Å²) in [5, 5.41) is 0. The van der Waals surface area contributed by atoms with Gasteiger partial charge in [0, 0.05) is 32.4 Å². The third-order valence-corrected chi connectivity index (χ3v) is 5.31. The second kappa shape index (κ2) is 8.89. The van der Waals surface area contributed by atoms with Gasteiger partial charge in [-0.15, -0.1) is 0 Å². The van der Waals surface area contributed by atoms with E-state index in [1.165, 1.54) is 16.2 Å². The highest BCUT2D eigenvalue weighted by Gasteiger charge is 2.23. The molecule has 0 saturated carbocycles. The van der Waals surface area contributed by atoms with Gasteiger partial charge in [-0.05, 0) is 62.3 Å². The fraction of sp³-hybridized carbons (Fsp3) is 0.455. The van der Waals surface area contributed by atoms with E-state index in [4.69, 9.17) is 4.74 Å². The molecule has 1 fully saturated rings. The Labute approximate surface area is 160 Å². The molecule has 2 aromatic rings. The number of likely N-dealkylation sites (tertiary alicyclic amines) is 1. The number of hydrogen-bond acceptors (Lipinski definition) is 3. The molecule has 1 aliphatic rings. The van der Waals surface area contributed by atoms with Crippen molar-refractivity contribution in [3.05, 3.63) is 64.1 Å². The molecule has 0 spiro atoms. The third kappa shape index (κ3) is 5.00. The topological polar surface area (TPSA) is 51.5 Å². The van der Waals surface area contributed by atoms with Gasteiger partial charge in [-0.3, -0.25) is 9.59 Å². The van der Waals surface area contributed by atoms with Gasteiger partial charge in [0.25, 0.3) is 5.91 Å². The van der Waals surface area contributed by atoms with Gasteiger partial charge in [-0.2, -0.15) is 0 Å². The highest BCUT2D eigenvalue weighted by molar-refractivity contribution is 5.93. The summed E-state index contributed by atoms with van der Waals surface area (Å²) < 4.78 is 6.94. The van der Waals surface area contributed by atoms with Crippen LogP contribution in [0.25, 0.3) is 0 Å². The van der Waals surface area contributed by atoms with Crippen molar-refractivity contribution in [2.75, 3.05) is 19.7 Å². The summed E-state index contributed by atoms with van der Waals surface area (Å²) in [6.45, 7) is 4.26. The molecule has 3 rings (SSSR count). The van der Waals surface area contributed by atoms with Crippen molar-refractivity contribution in [3.63, 3.8) is 0 Å². The Bertz CT molecular complexity index is 818. The zero-order valence-corrected chi connectivity index (χ0v) is 16.2. The average molecular weight is 368 g/mol. The molecular formula is C22H28N2O3. The number of carbonyl (C=O) groups is 1. The van der Waals surface area contributed by atoms with E-state index >= 15 is 0 Å². The van der Waals surface area contributed by atoms with Gasteiger partial charge < -0.3 is 14.2 Å². The van der Waals surface area contributed by atoms with Crippen LogP contribution in [0.5, 0.6) is 5.75 Å². The van der Waals surface area contributed by atoms with Crippen molar-refractivity contribution in [3.8, 4) is 5.75 Å². The molecule has 1 amide bonds. The molecule has 1 saturated heterocycles. The number of piperidine rings is 1. The number of amides is 1. The minimum Gasteiger partial charge on any atom is -0.494 e. The van der Waals surface area contributed by atoms with Crippen LogP contribution in [0.1, 0.15) is 42.1 Å². The Morgan fingerprint density at radius 2 is 1.81 bits per heavy atom. The van der Waals surface area contributed by atoms with E-state index in [2.05, 4.69) is 12.1 Å². The summed E-state index contributed by atoms with van der Waals surface area (Å²) in [6, 6.07) is 11.4. The molecule has 0 atom stereocenters. The summed E-state index contributed by atoms with van der Waals surface area (Å²) >= 11 is 0. The van der Waals surface area contributed by atoms with E-state index in [-0.39, 0.29) is 11.5 Å². The van der Waals surface area contributed by atoms with Gasteiger partial charge in [0.2, 0.25) is 5.56 Å². The van der Waals surface area contributed by atoms with E-state index in [1.807, 2.05) is 24.0 Å². The molecule has 1 aromatic carbocycles. The van der Waals surface area contributed by atoms with Crippen LogP contribution in [-0.4, -0.2) is 35.1 Å². The molecule has 0 bridgehead atoms. The van der Waals surface area contributed by atoms with Crippen LogP contribution in [0.15, 0.2) is 47.4 Å². The highest BCUT2D eigenvalue weighted by atomic mass is 16.5. The lowest BCUT2D eigenvalue weighted by Gasteiger charge is -2.32. The molecule has 1 aromatic heterocycles. The molecule has 0 unspecified atom stereocenters. The Morgan fingerprint density at radius 1 is 1.11 bits per heavy atom. The first-order chi connectivity index (χ1) is 13.1. The predicted octanol–water partition coefficient (Wildman–Crippen LogP) is 3.27. The second-order valence-electron chi connectivity index (χ2n) is 7.22. The quantitative estimate of drug-likeness (QED) is 0.786. The number of benzene rings is 1. The first-order valence-corrected chi connectivity index (χ1v) is 9.74. The van der Waals surface area contributed by atoms with E-state index < -0.39 is 0 Å². The number of aromatic nitrogens is 1. The van der Waals surface area contributed by atoms with Gasteiger partial charge in [-0.25, -0.2) is 0 Å². The highest BCUT2D eigenvalue weighted by Crippen LogP contribution is 2.24. The van der Waals surface area contributed by atoms with Crippen molar-refractivity contribution in [2.24, 2.45) is 13.0 Å². The Morgan fingerprint density at radius 3 is 2.44 bits per heavy atom. The van der Waals surface area contributed by atoms with Gasteiger partial charge >= 0.3 is 0 Å². The van der Waals surface area contributed by atoms with E-state index in [1.54, 1.807) is 19.3 Å². The van der Waals surface area contributed by atoms with Gasteiger partial charge in [0.15, 0.2) is 0 Å². The summed E-state index contributed by atoms with van der Waals surface area (Å²) in [7, 11) is 1.67. The van der Waals surface area contributed by atoms with Crippen molar-refractivity contribution in [2.45, 2.75) is 32.6 Å². The Balaban J connectivity index is 1.47. The lowest BCUT2D eigenvalue weighted by Crippen LogP contribution is -2.39. The van der Waals surface area contributed by atoms with Gasteiger partial charge in [0.05, 0.1) is 12.2 Å². The van der Waals surface area contributed by atoms with Crippen LogP contribution in [0.3, 0.4) is 0 Å². The molecule has 0 N–H and O–H groups in total. The summed E-state index contributed by atoms with van der Waals surface area (Å²) in [6.07, 6.45) is 5.91. The van der Waals surface area contributed by atoms with Crippen LogP contribution >= 0.6 is 0 Å². The lowest BCUT2D eigenvalue weighted by molar-refractivity contribution is 0.0686. The van der Waals surface area contributed by atoms with Gasteiger partial charge in [0.1, 0.15) is 5.75 Å². The maximum Gasteiger partial charge on any atom is 0.255 e. The molecule has 0 radical (unpaired) electrons. The van der Waals surface area contributed by atoms with E-state index in [0.29, 0.717) is 18.1 Å². The molecule has 5 nitrogen and oxygen atoms in total. The summed E-state index contributed by atoms with van der Waals surface area (Å²) in [5.74, 6) is 1.60. The Hall–Kier alpha value is -2.56. The first kappa shape index (κ1) is 19.2. The Kier molecular flexibility index (Phi) is 6.32. The monoisotopic (exact) mass is 368 g/mol.